The highest BCUT2D eigenvalue weighted by molar-refractivity contribution is 7.95. The molecule has 11 aromatic carbocycles. The minimum absolute atomic E-state index is 0.985. The fourth-order valence-corrected chi connectivity index (χ4v) is 15.1. The third kappa shape index (κ3) is 8.35. The van der Waals surface area contributed by atoms with E-state index in [1.54, 1.807) is 0 Å². The first-order valence-electron chi connectivity index (χ1n) is 23.5. The summed E-state index contributed by atoms with van der Waals surface area (Å²) in [7, 11) is -1.97. The van der Waals surface area contributed by atoms with Crippen LogP contribution < -0.4 is 37.8 Å². The minimum Gasteiger partial charge on any atom is -0.207 e. The molecular formula is C59H26BF20P. The molecule has 0 amide bonds. The molecule has 0 aliphatic rings. The highest BCUT2D eigenvalue weighted by Gasteiger charge is 2.53. The molecule has 0 unspecified atom stereocenters. The summed E-state index contributed by atoms with van der Waals surface area (Å²) in [4.78, 5) is 0. The molecule has 0 atom stereocenters. The number of hydrogen-bond acceptors (Lipinski definition) is 0. The third-order valence-electron chi connectivity index (χ3n) is 14.3. The molecule has 0 aliphatic carbocycles. The minimum atomic E-state index is -7.22. The Morgan fingerprint density at radius 2 is 0.481 bits per heavy atom. The fourth-order valence-electron chi connectivity index (χ4n) is 10.8. The second-order valence-corrected chi connectivity index (χ2v) is 21.8. The lowest BCUT2D eigenvalue weighted by Crippen LogP contribution is -2.81. The first kappa shape index (κ1) is 55.9. The Kier molecular flexibility index (Phi) is 14.4. The van der Waals surface area contributed by atoms with E-state index < -0.39 is 152 Å². The molecule has 11 aromatic rings. The predicted octanol–water partition coefficient (Wildman–Crippen LogP) is 13.9. The van der Waals surface area contributed by atoms with Crippen LogP contribution in [0, 0.1) is 116 Å². The van der Waals surface area contributed by atoms with E-state index in [4.69, 9.17) is 0 Å². The molecule has 0 saturated carbocycles. The van der Waals surface area contributed by atoms with Crippen molar-refractivity contribution in [3.8, 4) is 0 Å². The Hall–Kier alpha value is -8.45. The van der Waals surface area contributed by atoms with Gasteiger partial charge in [0.15, 0.2) is 69.8 Å². The van der Waals surface area contributed by atoms with E-state index >= 15 is 35.1 Å². The lowest BCUT2D eigenvalue weighted by atomic mass is 9.12. The topological polar surface area (TPSA) is 0 Å². The molecule has 410 valence electrons. The van der Waals surface area contributed by atoms with E-state index in [0.29, 0.717) is 0 Å². The molecule has 0 nitrogen and oxygen atoms in total. The maximum atomic E-state index is 15.4. The fraction of sp³-hybridized carbons (Fsp3) is 0.0169. The molecule has 0 saturated heterocycles. The van der Waals surface area contributed by atoms with E-state index in [2.05, 4.69) is 146 Å². The molecule has 0 fully saturated rings. The normalized spacial score (nSPS) is 12.0. The summed E-state index contributed by atoms with van der Waals surface area (Å²) >= 11 is 0. The van der Waals surface area contributed by atoms with Gasteiger partial charge in [-0.2, -0.15) is 0 Å². The number of halogens is 20. The molecule has 0 radical (unpaired) electrons. The average Bonchev–Trinajstić information content (AvgIpc) is 3.31. The Bertz CT molecular complexity index is 3820. The highest BCUT2D eigenvalue weighted by Crippen LogP contribution is 2.59. The maximum Gasteiger partial charge on any atom is 0.200 e. The van der Waals surface area contributed by atoms with Crippen LogP contribution in [0.1, 0.15) is 5.56 Å². The highest BCUT2D eigenvalue weighted by atomic mass is 31.2. The van der Waals surface area contributed by atoms with Gasteiger partial charge in [0.05, 0.1) is 6.16 Å². The lowest BCUT2D eigenvalue weighted by molar-refractivity contribution is 0.378. The Balaban J connectivity index is 0.000000185. The van der Waals surface area contributed by atoms with Gasteiger partial charge in [-0.3, -0.25) is 0 Å². The van der Waals surface area contributed by atoms with Crippen LogP contribution in [-0.2, 0) is 6.16 Å². The van der Waals surface area contributed by atoms with Gasteiger partial charge in [-0.15, -0.1) is 21.9 Å². The van der Waals surface area contributed by atoms with Gasteiger partial charge in [0.25, 0.3) is 0 Å². The second kappa shape index (κ2) is 20.9. The van der Waals surface area contributed by atoms with Crippen molar-refractivity contribution in [2.75, 3.05) is 0 Å². The summed E-state index contributed by atoms with van der Waals surface area (Å²) in [5.74, 6) is -71.4. The quantitative estimate of drug-likeness (QED) is 0.0337. The number of hydrogen-bond donors (Lipinski definition) is 0. The van der Waals surface area contributed by atoms with Crippen molar-refractivity contribution in [1.29, 1.82) is 0 Å². The first-order chi connectivity index (χ1) is 38.5. The van der Waals surface area contributed by atoms with E-state index in [0.717, 1.165) is 6.16 Å². The standard InChI is InChI=1S/C35H26P.C24BF20/c1-4-13-30(14-5-1)36(31-15-6-2-7-16-31,32-17-8-3-9-18-32)25-29-22-21-28-20-19-26-11-10-12-27-23-24-33(29)35(28)34(26)27;26-5-1(6(27)14(35)21(42)13(5)34)25(2-7(28)15(36)22(43)16(37)8(2)29,3-9(30)17(38)23(44)18(39)10(3)31)4-11(32)19(40)24(45)20(41)12(4)33/h1-24H,25H2;/q+1;-1. The molecule has 0 spiro atoms. The zero-order chi connectivity index (χ0) is 58.3. The zero-order valence-corrected chi connectivity index (χ0v) is 41.0. The number of benzene rings is 11. The van der Waals surface area contributed by atoms with E-state index in [1.165, 1.54) is 53.8 Å². The van der Waals surface area contributed by atoms with E-state index in [-0.39, 0.29) is 0 Å². The van der Waals surface area contributed by atoms with Gasteiger partial charge < -0.3 is 0 Å². The third-order valence-corrected chi connectivity index (χ3v) is 18.7. The SMILES string of the molecule is Fc1c(F)c(F)c([B-](c2c(F)c(F)c(F)c(F)c2F)(c2c(F)c(F)c(F)c(F)c2F)c2c(F)c(F)c(F)c(F)c2F)c(F)c1F.c1ccc([P+](Cc2ccc3ccc4cccc5ccc2c3c45)(c2ccccc2)c2ccccc2)cc1. The molecule has 0 bridgehead atoms. The monoisotopic (exact) mass is 1160 g/mol. The van der Waals surface area contributed by atoms with Gasteiger partial charge in [0.1, 0.15) is 75.9 Å². The van der Waals surface area contributed by atoms with Crippen LogP contribution in [0.3, 0.4) is 0 Å². The zero-order valence-electron chi connectivity index (χ0n) is 40.1. The summed E-state index contributed by atoms with van der Waals surface area (Å²) in [5, 5.41) is 12.4. The van der Waals surface area contributed by atoms with Gasteiger partial charge in [-0.1, -0.05) is 109 Å². The summed E-state index contributed by atoms with van der Waals surface area (Å²) in [6.07, 6.45) is -6.23. The van der Waals surface area contributed by atoms with Crippen molar-refractivity contribution in [2.45, 2.75) is 6.16 Å². The molecule has 0 N–H and O–H groups in total. The van der Waals surface area contributed by atoms with Crippen LogP contribution >= 0.6 is 7.26 Å². The largest absolute Gasteiger partial charge is 0.207 e. The van der Waals surface area contributed by atoms with Crippen molar-refractivity contribution in [2.24, 2.45) is 0 Å². The molecule has 0 aromatic heterocycles. The Labute approximate surface area is 443 Å². The van der Waals surface area contributed by atoms with Gasteiger partial charge in [0, 0.05) is 0 Å². The van der Waals surface area contributed by atoms with Gasteiger partial charge in [-0.25, -0.2) is 87.8 Å². The van der Waals surface area contributed by atoms with Crippen molar-refractivity contribution in [3.05, 3.63) is 268 Å². The van der Waals surface area contributed by atoms with Crippen molar-refractivity contribution in [3.63, 3.8) is 0 Å². The molecule has 0 aliphatic heterocycles. The molecule has 11 rings (SSSR count). The summed E-state index contributed by atoms with van der Waals surface area (Å²) in [5.41, 5.74) is -12.9. The molecular weight excluding hydrogens is 1130 g/mol. The van der Waals surface area contributed by atoms with Crippen molar-refractivity contribution in [1.82, 2.24) is 0 Å². The Morgan fingerprint density at radius 3 is 0.778 bits per heavy atom. The molecule has 22 heteroatoms. The summed E-state index contributed by atoms with van der Waals surface area (Å²) < 4.78 is 294. The summed E-state index contributed by atoms with van der Waals surface area (Å²) in [6, 6.07) is 54.1. The van der Waals surface area contributed by atoms with Crippen LogP contribution in [0.2, 0.25) is 0 Å². The van der Waals surface area contributed by atoms with Gasteiger partial charge >= 0.3 is 0 Å². The van der Waals surface area contributed by atoms with Crippen LogP contribution in [0.25, 0.3) is 32.3 Å². The second-order valence-electron chi connectivity index (χ2n) is 18.4. The van der Waals surface area contributed by atoms with Gasteiger partial charge in [0.2, 0.25) is 0 Å². The maximum absolute atomic E-state index is 15.4. The van der Waals surface area contributed by atoms with Crippen LogP contribution in [0.4, 0.5) is 87.8 Å². The first-order valence-corrected chi connectivity index (χ1v) is 25.5. The smallest absolute Gasteiger partial charge is 0.200 e. The molecule has 0 heterocycles. The van der Waals surface area contributed by atoms with E-state index in [9.17, 15) is 52.7 Å². The van der Waals surface area contributed by atoms with Crippen LogP contribution in [0.5, 0.6) is 0 Å². The van der Waals surface area contributed by atoms with Crippen molar-refractivity contribution < 1.29 is 87.8 Å². The van der Waals surface area contributed by atoms with E-state index in [1.807, 2.05) is 0 Å². The average molecular weight is 1160 g/mol. The Morgan fingerprint density at radius 1 is 0.235 bits per heavy atom. The number of rotatable bonds is 9. The van der Waals surface area contributed by atoms with Crippen LogP contribution in [0.15, 0.2) is 146 Å². The van der Waals surface area contributed by atoms with Crippen LogP contribution in [-0.4, -0.2) is 6.15 Å². The predicted molar refractivity (Wildman–Crippen MR) is 268 cm³/mol. The van der Waals surface area contributed by atoms with Gasteiger partial charge in [-0.05, 0) is 74.3 Å². The molecule has 81 heavy (non-hydrogen) atoms. The van der Waals surface area contributed by atoms with Crippen molar-refractivity contribution >= 4 is 83.5 Å². The lowest BCUT2D eigenvalue weighted by Gasteiger charge is -2.44. The summed E-state index contributed by atoms with van der Waals surface area (Å²) in [6.45, 7) is 0.